The fourth-order valence-corrected chi connectivity index (χ4v) is 6.04. The number of hydrogen-bond acceptors (Lipinski definition) is 4. The third kappa shape index (κ3) is 4.76. The molecule has 6 rings (SSSR count). The van der Waals surface area contributed by atoms with E-state index in [0.29, 0.717) is 28.7 Å². The molecule has 41 heavy (non-hydrogen) atoms. The lowest BCUT2D eigenvalue weighted by molar-refractivity contribution is -0.206. The first-order chi connectivity index (χ1) is 19.6. The number of alkyl halides is 3. The van der Waals surface area contributed by atoms with Crippen LogP contribution in [0.25, 0.3) is 16.6 Å². The van der Waals surface area contributed by atoms with Gasteiger partial charge in [0.05, 0.1) is 22.7 Å². The van der Waals surface area contributed by atoms with E-state index in [2.05, 4.69) is 15.5 Å². The Labute approximate surface area is 238 Å². The second-order valence-electron chi connectivity index (χ2n) is 10.3. The summed E-state index contributed by atoms with van der Waals surface area (Å²) in [5.41, 5.74) is 2.41. The summed E-state index contributed by atoms with van der Waals surface area (Å²) in [6.07, 6.45) is -3.90. The number of hydrogen-bond donors (Lipinski definition) is 2. The number of carbonyl (C=O) groups excluding carboxylic acids is 1. The van der Waals surface area contributed by atoms with E-state index in [9.17, 15) is 23.1 Å². The SMILES string of the molecule is Cc1ccc2c(c1)c([C@@H](O)C(F)(F)F)c1n2C[C@@](NC(=O)c2ccc(-n3cnnc3)cc2Cl)(c2ccccc2)CC1. The van der Waals surface area contributed by atoms with Crippen LogP contribution in [0, 0.1) is 6.92 Å². The number of carbonyl (C=O) groups is 1. The third-order valence-electron chi connectivity index (χ3n) is 7.76. The van der Waals surface area contributed by atoms with Gasteiger partial charge in [0, 0.05) is 27.8 Å². The van der Waals surface area contributed by atoms with Crippen LogP contribution in [0.15, 0.2) is 79.4 Å². The van der Waals surface area contributed by atoms with Crippen LogP contribution in [0.4, 0.5) is 13.2 Å². The highest BCUT2D eigenvalue weighted by Gasteiger charge is 2.46. The molecular weight excluding hydrogens is 555 g/mol. The summed E-state index contributed by atoms with van der Waals surface area (Å²) in [6.45, 7) is 1.96. The van der Waals surface area contributed by atoms with Crippen LogP contribution in [-0.2, 0) is 18.5 Å². The lowest BCUT2D eigenvalue weighted by Gasteiger charge is -2.40. The van der Waals surface area contributed by atoms with Gasteiger partial charge in [0.15, 0.2) is 6.10 Å². The molecule has 0 bridgehead atoms. The fourth-order valence-electron chi connectivity index (χ4n) is 5.78. The van der Waals surface area contributed by atoms with Crippen LogP contribution < -0.4 is 5.32 Å². The predicted molar refractivity (Wildman–Crippen MR) is 148 cm³/mol. The summed E-state index contributed by atoms with van der Waals surface area (Å²) in [6, 6.07) is 19.6. The van der Waals surface area contributed by atoms with Gasteiger partial charge in [-0.3, -0.25) is 9.36 Å². The van der Waals surface area contributed by atoms with Gasteiger partial charge in [0.2, 0.25) is 0 Å². The molecule has 1 aliphatic heterocycles. The molecule has 1 aliphatic rings. The Morgan fingerprint density at radius 2 is 1.80 bits per heavy atom. The van der Waals surface area contributed by atoms with E-state index in [-0.39, 0.29) is 29.1 Å². The quantitative estimate of drug-likeness (QED) is 0.265. The minimum atomic E-state index is -4.82. The largest absolute Gasteiger partial charge is 0.418 e. The highest BCUT2D eigenvalue weighted by atomic mass is 35.5. The molecule has 7 nitrogen and oxygen atoms in total. The molecule has 5 aromatic rings. The Morgan fingerprint density at radius 3 is 2.49 bits per heavy atom. The minimum absolute atomic E-state index is 0.128. The van der Waals surface area contributed by atoms with E-state index in [1.54, 1.807) is 46.4 Å². The summed E-state index contributed by atoms with van der Waals surface area (Å²) in [5, 5.41) is 21.8. The van der Waals surface area contributed by atoms with Crippen LogP contribution in [0.5, 0.6) is 0 Å². The van der Waals surface area contributed by atoms with Crippen LogP contribution in [0.1, 0.15) is 45.3 Å². The molecule has 0 spiro atoms. The Hall–Kier alpha value is -4.15. The molecule has 0 radical (unpaired) electrons. The average Bonchev–Trinajstić information content (AvgIpc) is 3.59. The van der Waals surface area contributed by atoms with Gasteiger partial charge in [-0.2, -0.15) is 13.2 Å². The van der Waals surface area contributed by atoms with Crippen LogP contribution in [0.2, 0.25) is 5.02 Å². The molecule has 0 fully saturated rings. The lowest BCUT2D eigenvalue weighted by Crippen LogP contribution is -2.51. The van der Waals surface area contributed by atoms with Gasteiger partial charge >= 0.3 is 6.18 Å². The highest BCUT2D eigenvalue weighted by molar-refractivity contribution is 6.34. The molecular formula is C30H25ClF3N5O2. The second kappa shape index (κ2) is 10.0. The number of rotatable bonds is 5. The molecule has 3 heterocycles. The fraction of sp³-hybridized carbons (Fsp3) is 0.233. The van der Waals surface area contributed by atoms with Gasteiger partial charge in [-0.05, 0) is 55.7 Å². The maximum absolute atomic E-state index is 13.8. The van der Waals surface area contributed by atoms with E-state index < -0.39 is 23.7 Å². The maximum atomic E-state index is 13.8. The summed E-state index contributed by atoms with van der Waals surface area (Å²) in [5.74, 6) is -0.416. The van der Waals surface area contributed by atoms with E-state index in [1.165, 1.54) is 12.7 Å². The van der Waals surface area contributed by atoms with Crippen LogP contribution in [0.3, 0.4) is 0 Å². The van der Waals surface area contributed by atoms with E-state index in [0.717, 1.165) is 11.1 Å². The predicted octanol–water partition coefficient (Wildman–Crippen LogP) is 6.05. The maximum Gasteiger partial charge on any atom is 0.418 e. The smallest absolute Gasteiger partial charge is 0.379 e. The van der Waals surface area contributed by atoms with Crippen LogP contribution in [-0.4, -0.2) is 36.5 Å². The molecule has 2 aromatic heterocycles. The Kier molecular flexibility index (Phi) is 6.62. The highest BCUT2D eigenvalue weighted by Crippen LogP contribution is 2.45. The number of amides is 1. The van der Waals surface area contributed by atoms with E-state index in [1.807, 2.05) is 36.4 Å². The van der Waals surface area contributed by atoms with Crippen LogP contribution >= 0.6 is 11.6 Å². The van der Waals surface area contributed by atoms with Gasteiger partial charge in [-0.25, -0.2) is 0 Å². The second-order valence-corrected chi connectivity index (χ2v) is 10.8. The van der Waals surface area contributed by atoms with Crippen molar-refractivity contribution in [2.24, 2.45) is 0 Å². The number of aliphatic hydroxyl groups is 1. The van der Waals surface area contributed by atoms with Gasteiger partial charge in [-0.1, -0.05) is 53.6 Å². The number of nitrogens with zero attached hydrogens (tertiary/aromatic N) is 4. The molecule has 0 aliphatic carbocycles. The summed E-state index contributed by atoms with van der Waals surface area (Å²) >= 11 is 6.55. The zero-order valence-electron chi connectivity index (χ0n) is 21.9. The molecule has 210 valence electrons. The van der Waals surface area contributed by atoms with Gasteiger partial charge < -0.3 is 15.0 Å². The van der Waals surface area contributed by atoms with Crippen molar-refractivity contribution in [1.29, 1.82) is 0 Å². The molecule has 2 atom stereocenters. The van der Waals surface area contributed by atoms with E-state index in [4.69, 9.17) is 11.6 Å². The van der Waals surface area contributed by atoms with Gasteiger partial charge in [-0.15, -0.1) is 10.2 Å². The average molecular weight is 580 g/mol. The zero-order valence-corrected chi connectivity index (χ0v) is 22.6. The Morgan fingerprint density at radius 1 is 1.07 bits per heavy atom. The first-order valence-corrected chi connectivity index (χ1v) is 13.3. The van der Waals surface area contributed by atoms with Crippen molar-refractivity contribution in [3.8, 4) is 5.69 Å². The van der Waals surface area contributed by atoms with Crippen molar-refractivity contribution in [3.05, 3.63) is 112 Å². The van der Waals surface area contributed by atoms with Crippen molar-refractivity contribution in [2.75, 3.05) is 0 Å². The van der Waals surface area contributed by atoms with Crippen molar-refractivity contribution in [3.63, 3.8) is 0 Å². The third-order valence-corrected chi connectivity index (χ3v) is 8.08. The van der Waals surface area contributed by atoms with Crippen molar-refractivity contribution >= 4 is 28.4 Å². The number of benzene rings is 3. The zero-order chi connectivity index (χ0) is 28.9. The molecule has 3 aromatic carbocycles. The van der Waals surface area contributed by atoms with Gasteiger partial charge in [0.1, 0.15) is 12.7 Å². The lowest BCUT2D eigenvalue weighted by atomic mass is 9.81. The molecule has 0 saturated carbocycles. The molecule has 0 unspecified atom stereocenters. The first-order valence-electron chi connectivity index (χ1n) is 13.0. The normalized spacial score (nSPS) is 17.8. The summed E-state index contributed by atoms with van der Waals surface area (Å²) in [4.78, 5) is 13.8. The number of aliphatic hydroxyl groups excluding tert-OH is 1. The van der Waals surface area contributed by atoms with Crippen molar-refractivity contribution < 1.29 is 23.1 Å². The molecule has 11 heteroatoms. The topological polar surface area (TPSA) is 85.0 Å². The number of aryl methyl sites for hydroxylation is 1. The molecule has 1 amide bonds. The number of aromatic nitrogens is 4. The van der Waals surface area contributed by atoms with Crippen molar-refractivity contribution in [2.45, 2.75) is 44.1 Å². The number of fused-ring (bicyclic) bond motifs is 3. The summed E-state index contributed by atoms with van der Waals surface area (Å²) < 4.78 is 44.9. The first kappa shape index (κ1) is 27.0. The van der Waals surface area contributed by atoms with Crippen molar-refractivity contribution in [1.82, 2.24) is 24.6 Å². The number of nitrogens with one attached hydrogen (secondary N) is 1. The molecule has 2 N–H and O–H groups in total. The minimum Gasteiger partial charge on any atom is -0.379 e. The molecule has 0 saturated heterocycles. The van der Waals surface area contributed by atoms with E-state index >= 15 is 0 Å². The standard InChI is InChI=1S/C30H25ClF3N5O2/c1-18-7-10-24-22(13-18)26(27(40)30(32,33)34)25-11-12-29(15-39(24)25,19-5-3-2-4-6-19)37-28(41)21-9-8-20(14-23(21)31)38-16-35-36-17-38/h2-10,13-14,16-17,27,40H,11-12,15H2,1H3,(H,37,41)/t27-,29-/m1/s1. The van der Waals surface area contributed by atoms with Gasteiger partial charge in [0.25, 0.3) is 5.91 Å². The monoisotopic (exact) mass is 579 g/mol. The number of halogens is 4. The Bertz CT molecular complexity index is 1750. The summed E-state index contributed by atoms with van der Waals surface area (Å²) in [7, 11) is 0. The Balaban J connectivity index is 1.44.